The third-order valence-corrected chi connectivity index (χ3v) is 6.44. The van der Waals surface area contributed by atoms with Crippen LogP contribution in [0.25, 0.3) is 0 Å². The number of carbonyl (C=O) groups is 2. The minimum Gasteiger partial charge on any atom is -0.489 e. The standard InChI is InChI=1S/C24H33N3O3/c1-2-26-15-20-6-3-4-8-22(20)30-13-5-7-19-16-27(24(29)17-26)12-11-18(19)14-23(28)25-21-9-10-21/h3-8,18-19,21H,2,9-17H2,1H3,(H,25,28)/b7-5-/t18-,19-/m0/s1. The topological polar surface area (TPSA) is 61.9 Å². The predicted molar refractivity (Wildman–Crippen MR) is 116 cm³/mol. The number of hydrogen-bond acceptors (Lipinski definition) is 4. The molecule has 162 valence electrons. The fraction of sp³-hybridized carbons (Fsp3) is 0.583. The van der Waals surface area contributed by atoms with Gasteiger partial charge in [0.25, 0.3) is 0 Å². The molecule has 1 N–H and O–H groups in total. The molecule has 6 heteroatoms. The number of nitrogens with one attached hydrogen (secondary N) is 1. The Bertz CT molecular complexity index is 790. The summed E-state index contributed by atoms with van der Waals surface area (Å²) in [6.07, 6.45) is 7.83. The van der Waals surface area contributed by atoms with E-state index in [1.54, 1.807) is 0 Å². The van der Waals surface area contributed by atoms with Crippen molar-refractivity contribution in [1.29, 1.82) is 0 Å². The van der Waals surface area contributed by atoms with Gasteiger partial charge in [0.15, 0.2) is 0 Å². The van der Waals surface area contributed by atoms with Crippen molar-refractivity contribution in [2.75, 3.05) is 32.8 Å². The van der Waals surface area contributed by atoms with Crippen LogP contribution in [0.4, 0.5) is 0 Å². The maximum Gasteiger partial charge on any atom is 0.236 e. The quantitative estimate of drug-likeness (QED) is 0.774. The number of likely N-dealkylation sites (N-methyl/N-ethyl adjacent to an activating group) is 1. The van der Waals surface area contributed by atoms with Crippen LogP contribution in [-0.4, -0.2) is 60.4 Å². The van der Waals surface area contributed by atoms with Gasteiger partial charge >= 0.3 is 0 Å². The van der Waals surface area contributed by atoms with Crippen LogP contribution in [0.15, 0.2) is 36.4 Å². The smallest absolute Gasteiger partial charge is 0.236 e. The number of hydrogen-bond donors (Lipinski definition) is 1. The first-order valence-electron chi connectivity index (χ1n) is 11.3. The number of para-hydroxylation sites is 1. The molecule has 2 bridgehead atoms. The average Bonchev–Trinajstić information content (AvgIpc) is 3.55. The number of nitrogens with zero attached hydrogens (tertiary/aromatic N) is 2. The molecule has 0 radical (unpaired) electrons. The van der Waals surface area contributed by atoms with Crippen LogP contribution in [0.1, 0.15) is 38.2 Å². The Kier molecular flexibility index (Phi) is 6.72. The van der Waals surface area contributed by atoms with Gasteiger partial charge in [0.05, 0.1) is 6.54 Å². The normalized spacial score (nSPS) is 26.4. The summed E-state index contributed by atoms with van der Waals surface area (Å²) in [7, 11) is 0. The lowest BCUT2D eigenvalue weighted by atomic mass is 9.82. The first-order chi connectivity index (χ1) is 14.6. The highest BCUT2D eigenvalue weighted by Crippen LogP contribution is 2.29. The number of ether oxygens (including phenoxy) is 1. The van der Waals surface area contributed by atoms with E-state index < -0.39 is 0 Å². The molecule has 1 saturated heterocycles. The Morgan fingerprint density at radius 2 is 2.03 bits per heavy atom. The van der Waals surface area contributed by atoms with Gasteiger partial charge in [-0.05, 0) is 43.7 Å². The lowest BCUT2D eigenvalue weighted by Crippen LogP contribution is -2.47. The van der Waals surface area contributed by atoms with Crippen LogP contribution in [0.2, 0.25) is 0 Å². The van der Waals surface area contributed by atoms with Gasteiger partial charge in [-0.15, -0.1) is 0 Å². The summed E-state index contributed by atoms with van der Waals surface area (Å²) >= 11 is 0. The van der Waals surface area contributed by atoms with Gasteiger partial charge in [-0.1, -0.05) is 37.3 Å². The van der Waals surface area contributed by atoms with Crippen LogP contribution in [0.3, 0.4) is 0 Å². The number of carbonyl (C=O) groups excluding carboxylic acids is 2. The summed E-state index contributed by atoms with van der Waals surface area (Å²) in [5, 5.41) is 3.11. The molecule has 6 nitrogen and oxygen atoms in total. The second kappa shape index (κ2) is 9.65. The van der Waals surface area contributed by atoms with E-state index in [1.165, 1.54) is 0 Å². The number of piperidine rings is 1. The van der Waals surface area contributed by atoms with Gasteiger partial charge in [0, 0.05) is 37.7 Å². The van der Waals surface area contributed by atoms with Gasteiger partial charge in [-0.25, -0.2) is 0 Å². The minimum absolute atomic E-state index is 0.154. The van der Waals surface area contributed by atoms with Crippen molar-refractivity contribution < 1.29 is 14.3 Å². The summed E-state index contributed by atoms with van der Waals surface area (Å²) in [5.41, 5.74) is 1.10. The van der Waals surface area contributed by atoms with Crippen molar-refractivity contribution in [3.05, 3.63) is 42.0 Å². The highest BCUT2D eigenvalue weighted by atomic mass is 16.5. The molecule has 3 aliphatic rings. The van der Waals surface area contributed by atoms with E-state index in [2.05, 4.69) is 35.4 Å². The number of fused-ring (bicyclic) bond motifs is 3. The second-order valence-corrected chi connectivity index (χ2v) is 8.75. The Morgan fingerprint density at radius 3 is 2.83 bits per heavy atom. The molecule has 1 saturated carbocycles. The van der Waals surface area contributed by atoms with Crippen molar-refractivity contribution >= 4 is 11.8 Å². The monoisotopic (exact) mass is 411 g/mol. The largest absolute Gasteiger partial charge is 0.489 e. The van der Waals surface area contributed by atoms with E-state index in [0.29, 0.717) is 38.7 Å². The molecule has 0 unspecified atom stereocenters. The molecule has 0 spiro atoms. The van der Waals surface area contributed by atoms with Crippen molar-refractivity contribution in [3.8, 4) is 5.75 Å². The molecule has 4 rings (SSSR count). The Morgan fingerprint density at radius 1 is 1.20 bits per heavy atom. The first kappa shape index (κ1) is 20.9. The third kappa shape index (κ3) is 5.42. The molecular formula is C24H33N3O3. The van der Waals surface area contributed by atoms with Crippen molar-refractivity contribution in [3.63, 3.8) is 0 Å². The Hall–Kier alpha value is -2.34. The van der Waals surface area contributed by atoms with Crippen LogP contribution in [0.5, 0.6) is 5.75 Å². The molecule has 2 fully saturated rings. The summed E-state index contributed by atoms with van der Waals surface area (Å²) in [6, 6.07) is 8.45. The molecule has 1 aromatic carbocycles. The average molecular weight is 412 g/mol. The van der Waals surface area contributed by atoms with Gasteiger partial charge in [-0.2, -0.15) is 0 Å². The molecule has 2 atom stereocenters. The SMILES string of the molecule is CCN1CC(=O)N2CC[C@@H](CC(=O)NC3CC3)[C@@H](/C=C\COc3ccccc3C1)C2. The highest BCUT2D eigenvalue weighted by molar-refractivity contribution is 5.79. The van der Waals surface area contributed by atoms with E-state index in [-0.39, 0.29) is 23.7 Å². The van der Waals surface area contributed by atoms with E-state index in [1.807, 2.05) is 23.1 Å². The van der Waals surface area contributed by atoms with E-state index in [0.717, 1.165) is 43.7 Å². The molecule has 1 aliphatic carbocycles. The molecule has 2 aliphatic heterocycles. The molecule has 1 aromatic rings. The van der Waals surface area contributed by atoms with Gasteiger partial charge in [-0.3, -0.25) is 14.5 Å². The molecule has 2 heterocycles. The van der Waals surface area contributed by atoms with Crippen molar-refractivity contribution in [2.24, 2.45) is 11.8 Å². The molecule has 0 aromatic heterocycles. The van der Waals surface area contributed by atoms with E-state index in [9.17, 15) is 9.59 Å². The van der Waals surface area contributed by atoms with Crippen molar-refractivity contribution in [2.45, 2.75) is 45.2 Å². The molecular weight excluding hydrogens is 378 g/mol. The zero-order valence-electron chi connectivity index (χ0n) is 17.9. The number of rotatable bonds is 4. The number of amides is 2. The molecule has 30 heavy (non-hydrogen) atoms. The summed E-state index contributed by atoms with van der Waals surface area (Å²) in [4.78, 5) is 29.6. The maximum absolute atomic E-state index is 13.0. The van der Waals surface area contributed by atoms with E-state index >= 15 is 0 Å². The van der Waals surface area contributed by atoms with Crippen LogP contribution < -0.4 is 10.1 Å². The minimum atomic E-state index is 0.154. The van der Waals surface area contributed by atoms with Crippen LogP contribution >= 0.6 is 0 Å². The van der Waals surface area contributed by atoms with Crippen molar-refractivity contribution in [1.82, 2.24) is 15.1 Å². The predicted octanol–water partition coefficient (Wildman–Crippen LogP) is 2.59. The zero-order valence-corrected chi connectivity index (χ0v) is 17.9. The molecule has 2 amide bonds. The summed E-state index contributed by atoms with van der Waals surface area (Å²) < 4.78 is 6.04. The number of benzene rings is 1. The highest BCUT2D eigenvalue weighted by Gasteiger charge is 2.33. The fourth-order valence-corrected chi connectivity index (χ4v) is 4.44. The van der Waals surface area contributed by atoms with Gasteiger partial charge in [0.2, 0.25) is 11.8 Å². The van der Waals surface area contributed by atoms with Crippen LogP contribution in [-0.2, 0) is 16.1 Å². The van der Waals surface area contributed by atoms with E-state index in [4.69, 9.17) is 4.74 Å². The lowest BCUT2D eigenvalue weighted by Gasteiger charge is -2.38. The lowest BCUT2D eigenvalue weighted by molar-refractivity contribution is -0.135. The third-order valence-electron chi connectivity index (χ3n) is 6.44. The first-order valence-corrected chi connectivity index (χ1v) is 11.3. The van der Waals surface area contributed by atoms with Gasteiger partial charge in [0.1, 0.15) is 12.4 Å². The summed E-state index contributed by atoms with van der Waals surface area (Å²) in [5.74, 6) is 1.65. The fourth-order valence-electron chi connectivity index (χ4n) is 4.44. The second-order valence-electron chi connectivity index (χ2n) is 8.75. The zero-order chi connectivity index (χ0) is 20.9. The van der Waals surface area contributed by atoms with Crippen LogP contribution in [0, 0.1) is 11.8 Å². The van der Waals surface area contributed by atoms with Gasteiger partial charge < -0.3 is 15.0 Å². The maximum atomic E-state index is 13.0. The Labute approximate surface area is 179 Å². The summed E-state index contributed by atoms with van der Waals surface area (Å²) in [6.45, 7) is 5.91. The Balaban J connectivity index is 1.50.